The van der Waals surface area contributed by atoms with Crippen LogP contribution in [0.2, 0.25) is 0 Å². The lowest BCUT2D eigenvalue weighted by atomic mass is 9.99. The number of hydrogen-bond acceptors (Lipinski definition) is 8. The fourth-order valence-electron chi connectivity index (χ4n) is 3.54. The van der Waals surface area contributed by atoms with E-state index in [4.69, 9.17) is 9.84 Å². The molecule has 0 aliphatic carbocycles. The summed E-state index contributed by atoms with van der Waals surface area (Å²) in [5.41, 5.74) is 1.86. The van der Waals surface area contributed by atoms with Crippen LogP contribution in [0.4, 0.5) is 5.69 Å². The van der Waals surface area contributed by atoms with E-state index in [0.29, 0.717) is 5.56 Å². The lowest BCUT2D eigenvalue weighted by molar-refractivity contribution is -0.158. The van der Waals surface area contributed by atoms with Crippen molar-refractivity contribution in [2.75, 3.05) is 31.2 Å². The number of nitrogens with one attached hydrogen (secondary N) is 1. The lowest BCUT2D eigenvalue weighted by Crippen LogP contribution is -2.59. The van der Waals surface area contributed by atoms with Gasteiger partial charge in [0.2, 0.25) is 0 Å². The minimum Gasteiger partial charge on any atom is -0.394 e. The molecule has 1 aliphatic heterocycles. The molecule has 0 aromatic heterocycles. The molecule has 1 aromatic rings. The van der Waals surface area contributed by atoms with Gasteiger partial charge in [-0.15, -0.1) is 0 Å². The molecule has 4 N–H and O–H groups in total. The third-order valence-electron chi connectivity index (χ3n) is 5.37. The van der Waals surface area contributed by atoms with E-state index in [0.717, 1.165) is 25.2 Å². The van der Waals surface area contributed by atoms with Crippen molar-refractivity contribution in [3.8, 4) is 6.07 Å². The number of nitrogens with zero attached hydrogens (tertiary/aromatic N) is 2. The Hall–Kier alpha value is -2.00. The second kappa shape index (κ2) is 11.0. The van der Waals surface area contributed by atoms with Gasteiger partial charge in [0.15, 0.2) is 4.91 Å². The fourth-order valence-corrected chi connectivity index (χ4v) is 4.91. The predicted octanol–water partition coefficient (Wildman–Crippen LogP) is 0.578. The van der Waals surface area contributed by atoms with Crippen molar-refractivity contribution in [3.05, 3.63) is 34.7 Å². The molecule has 1 aromatic carbocycles. The second-order valence-corrected chi connectivity index (χ2v) is 9.11. The van der Waals surface area contributed by atoms with Crippen LogP contribution in [0.15, 0.2) is 29.2 Å². The molecule has 0 bridgehead atoms. The molecular formula is C21H31N3O6S. The summed E-state index contributed by atoms with van der Waals surface area (Å²) in [5, 5.41) is 38.9. The summed E-state index contributed by atoms with van der Waals surface area (Å²) < 4.78 is 33.2. The van der Waals surface area contributed by atoms with Crippen molar-refractivity contribution in [1.29, 1.82) is 5.26 Å². The second-order valence-electron chi connectivity index (χ2n) is 7.46. The maximum absolute atomic E-state index is 12.9. The molecule has 1 fully saturated rings. The van der Waals surface area contributed by atoms with Crippen LogP contribution in [-0.4, -0.2) is 74.4 Å². The molecule has 0 radical (unpaired) electrons. The SMILES string of the molecule is CCCN(CC)c1ccc(/C(C)=C(\C#N)S(=O)(=O)N[C@H]2CO[C@H](CO)[C@@H](O)[C@@H]2O)cc1. The van der Waals surface area contributed by atoms with Gasteiger partial charge in [0.1, 0.15) is 24.4 Å². The van der Waals surface area contributed by atoms with Crippen molar-refractivity contribution in [1.82, 2.24) is 4.72 Å². The zero-order chi connectivity index (χ0) is 23.2. The smallest absolute Gasteiger partial charge is 0.251 e. The first-order valence-electron chi connectivity index (χ1n) is 10.3. The minimum atomic E-state index is -4.30. The molecule has 9 nitrogen and oxygen atoms in total. The summed E-state index contributed by atoms with van der Waals surface area (Å²) >= 11 is 0. The van der Waals surface area contributed by atoms with Crippen molar-refractivity contribution >= 4 is 21.3 Å². The summed E-state index contributed by atoms with van der Waals surface area (Å²) in [6, 6.07) is 7.89. The summed E-state index contributed by atoms with van der Waals surface area (Å²) in [5.74, 6) is 0. The van der Waals surface area contributed by atoms with Crippen LogP contribution in [0.3, 0.4) is 0 Å². The lowest BCUT2D eigenvalue weighted by Gasteiger charge is -2.36. The molecule has 1 saturated heterocycles. The first kappa shape index (κ1) is 25.3. The molecule has 0 saturated carbocycles. The highest BCUT2D eigenvalue weighted by Gasteiger charge is 2.40. The summed E-state index contributed by atoms with van der Waals surface area (Å²) in [6.45, 7) is 6.69. The molecule has 2 rings (SSSR count). The predicted molar refractivity (Wildman–Crippen MR) is 118 cm³/mol. The number of allylic oxidation sites excluding steroid dienone is 2. The molecule has 1 aliphatic rings. The Morgan fingerprint density at radius 2 is 1.90 bits per heavy atom. The molecule has 10 heteroatoms. The van der Waals surface area contributed by atoms with Crippen molar-refractivity contribution < 1.29 is 28.5 Å². The summed E-state index contributed by atoms with van der Waals surface area (Å²) in [7, 11) is -4.30. The van der Waals surface area contributed by atoms with Crippen molar-refractivity contribution in [2.45, 2.75) is 51.5 Å². The van der Waals surface area contributed by atoms with Crippen LogP contribution in [0.25, 0.3) is 5.57 Å². The average molecular weight is 454 g/mol. The number of aliphatic hydroxyl groups excluding tert-OH is 3. The Morgan fingerprint density at radius 1 is 1.26 bits per heavy atom. The monoisotopic (exact) mass is 453 g/mol. The highest BCUT2D eigenvalue weighted by Crippen LogP contribution is 2.25. The summed E-state index contributed by atoms with van der Waals surface area (Å²) in [4.78, 5) is 1.72. The van der Waals surface area contributed by atoms with Gasteiger partial charge in [0, 0.05) is 18.8 Å². The largest absolute Gasteiger partial charge is 0.394 e. The fraction of sp³-hybridized carbons (Fsp3) is 0.571. The van der Waals surface area contributed by atoms with E-state index in [1.165, 1.54) is 0 Å². The molecule has 1 heterocycles. The van der Waals surface area contributed by atoms with Crippen molar-refractivity contribution in [2.24, 2.45) is 0 Å². The van der Waals surface area contributed by atoms with Crippen LogP contribution in [0.1, 0.15) is 32.8 Å². The van der Waals surface area contributed by atoms with Gasteiger partial charge in [-0.3, -0.25) is 0 Å². The van der Waals surface area contributed by atoms with E-state index >= 15 is 0 Å². The molecule has 172 valence electrons. The van der Waals surface area contributed by atoms with Gasteiger partial charge in [-0.1, -0.05) is 19.1 Å². The zero-order valence-corrected chi connectivity index (χ0v) is 18.8. The Labute approximate surface area is 183 Å². The average Bonchev–Trinajstić information content (AvgIpc) is 2.75. The quantitative estimate of drug-likeness (QED) is 0.398. The highest BCUT2D eigenvalue weighted by molar-refractivity contribution is 7.93. The Kier molecular flexibility index (Phi) is 9.00. The topological polar surface area (TPSA) is 143 Å². The molecule has 0 spiro atoms. The van der Waals surface area contributed by atoms with Gasteiger partial charge in [-0.05, 0) is 43.5 Å². The van der Waals surface area contributed by atoms with Gasteiger partial charge in [0.05, 0.1) is 19.3 Å². The number of rotatable bonds is 9. The number of sulfonamides is 1. The number of nitriles is 1. The van der Waals surface area contributed by atoms with Crippen LogP contribution >= 0.6 is 0 Å². The van der Waals surface area contributed by atoms with E-state index in [1.54, 1.807) is 25.1 Å². The van der Waals surface area contributed by atoms with E-state index < -0.39 is 45.9 Å². The van der Waals surface area contributed by atoms with Crippen LogP contribution < -0.4 is 9.62 Å². The van der Waals surface area contributed by atoms with Crippen LogP contribution in [-0.2, 0) is 14.8 Å². The van der Waals surface area contributed by atoms with Gasteiger partial charge < -0.3 is 25.0 Å². The van der Waals surface area contributed by atoms with Gasteiger partial charge in [0.25, 0.3) is 10.0 Å². The minimum absolute atomic E-state index is 0.251. The number of ether oxygens (including phenoxy) is 1. The number of benzene rings is 1. The van der Waals surface area contributed by atoms with Gasteiger partial charge >= 0.3 is 0 Å². The summed E-state index contributed by atoms with van der Waals surface area (Å²) in [6.07, 6.45) is -2.95. The molecule has 0 unspecified atom stereocenters. The Morgan fingerprint density at radius 3 is 2.42 bits per heavy atom. The van der Waals surface area contributed by atoms with Crippen LogP contribution in [0, 0.1) is 11.3 Å². The van der Waals surface area contributed by atoms with Crippen LogP contribution in [0.5, 0.6) is 0 Å². The van der Waals surface area contributed by atoms with E-state index in [2.05, 4.69) is 23.5 Å². The van der Waals surface area contributed by atoms with E-state index in [-0.39, 0.29) is 12.2 Å². The molecule has 4 atom stereocenters. The number of anilines is 1. The normalized spacial score (nSPS) is 24.9. The van der Waals surface area contributed by atoms with Gasteiger partial charge in [-0.25, -0.2) is 13.1 Å². The molecule has 31 heavy (non-hydrogen) atoms. The maximum Gasteiger partial charge on any atom is 0.251 e. The Balaban J connectivity index is 2.27. The maximum atomic E-state index is 12.9. The molecule has 0 amide bonds. The zero-order valence-electron chi connectivity index (χ0n) is 18.0. The number of hydrogen-bond donors (Lipinski definition) is 4. The third-order valence-corrected chi connectivity index (χ3v) is 6.92. The van der Waals surface area contributed by atoms with Crippen molar-refractivity contribution in [3.63, 3.8) is 0 Å². The van der Waals surface area contributed by atoms with E-state index in [9.17, 15) is 23.9 Å². The number of aliphatic hydroxyl groups is 3. The van der Waals surface area contributed by atoms with Gasteiger partial charge in [-0.2, -0.15) is 5.26 Å². The molecular weight excluding hydrogens is 422 g/mol. The highest BCUT2D eigenvalue weighted by atomic mass is 32.2. The first-order valence-corrected chi connectivity index (χ1v) is 11.8. The standard InChI is InChI=1S/C21H31N3O6S/c1-4-10-24(5-2)16-8-6-15(7-9-16)14(3)19(11-22)31(28,29)23-17-13-30-18(12-25)21(27)20(17)26/h6-9,17-18,20-21,23,25-27H,4-5,10,12-13H2,1-3H3/b19-14+/t17-,18+,20+,21+/m0/s1. The Bertz CT molecular complexity index is 910. The first-order chi connectivity index (χ1) is 14.7. The third kappa shape index (κ3) is 5.83. The van der Waals surface area contributed by atoms with E-state index in [1.807, 2.05) is 12.1 Å².